The Labute approximate surface area is 107 Å². The number of likely N-dealkylation sites (tertiary alicyclic amines) is 1. The summed E-state index contributed by atoms with van der Waals surface area (Å²) in [7, 11) is 4.47. The first-order valence-electron chi connectivity index (χ1n) is 7.29. The van der Waals surface area contributed by atoms with Gasteiger partial charge in [0, 0.05) is 18.1 Å². The van der Waals surface area contributed by atoms with Gasteiger partial charge in [0.15, 0.2) is 0 Å². The van der Waals surface area contributed by atoms with Crippen LogP contribution in [0.4, 0.5) is 0 Å². The molecule has 0 aromatic carbocycles. The lowest BCUT2D eigenvalue weighted by atomic mass is 9.75. The number of rotatable bonds is 5. The molecule has 2 rings (SSSR count). The highest BCUT2D eigenvalue weighted by atomic mass is 15.2. The number of piperidine rings is 1. The Bertz CT molecular complexity index is 228. The average molecular weight is 239 g/mol. The third-order valence-electron chi connectivity index (χ3n) is 4.99. The van der Waals surface area contributed by atoms with E-state index in [1.54, 1.807) is 0 Å². The second kappa shape index (κ2) is 5.68. The molecule has 0 aromatic heterocycles. The van der Waals surface area contributed by atoms with Crippen LogP contribution in [0.25, 0.3) is 0 Å². The minimum absolute atomic E-state index is 0.474. The van der Waals surface area contributed by atoms with Gasteiger partial charge in [0.1, 0.15) is 0 Å². The van der Waals surface area contributed by atoms with E-state index >= 15 is 0 Å². The van der Waals surface area contributed by atoms with E-state index in [1.165, 1.54) is 58.3 Å². The van der Waals surface area contributed by atoms with Crippen LogP contribution in [0.15, 0.2) is 0 Å². The van der Waals surface area contributed by atoms with Crippen LogP contribution >= 0.6 is 0 Å². The summed E-state index contributed by atoms with van der Waals surface area (Å²) in [5.74, 6) is 0. The van der Waals surface area contributed by atoms with Crippen LogP contribution < -0.4 is 5.32 Å². The Morgan fingerprint density at radius 1 is 1.24 bits per heavy atom. The van der Waals surface area contributed by atoms with Gasteiger partial charge in [-0.15, -0.1) is 0 Å². The highest BCUT2D eigenvalue weighted by Gasteiger charge is 2.39. The number of nitrogens with zero attached hydrogens (tertiary/aromatic N) is 2. The molecule has 3 heteroatoms. The fraction of sp³-hybridized carbons (Fsp3) is 1.00. The predicted molar refractivity (Wildman–Crippen MR) is 73.4 cm³/mol. The molecule has 0 aromatic rings. The van der Waals surface area contributed by atoms with Crippen molar-refractivity contribution in [3.05, 3.63) is 0 Å². The summed E-state index contributed by atoms with van der Waals surface area (Å²) in [4.78, 5) is 4.99. The maximum absolute atomic E-state index is 3.82. The molecule has 1 saturated carbocycles. The summed E-state index contributed by atoms with van der Waals surface area (Å²) in [6, 6.07) is 0.759. The van der Waals surface area contributed by atoms with Crippen molar-refractivity contribution in [3.63, 3.8) is 0 Å². The number of hydrogen-bond acceptors (Lipinski definition) is 3. The van der Waals surface area contributed by atoms with Gasteiger partial charge in [-0.2, -0.15) is 0 Å². The second-order valence-electron chi connectivity index (χ2n) is 6.06. The minimum atomic E-state index is 0.474. The molecule has 0 spiro atoms. The maximum Gasteiger partial charge on any atom is 0.0328 e. The molecule has 1 aliphatic heterocycles. The molecule has 2 aliphatic rings. The third kappa shape index (κ3) is 3.01. The zero-order valence-corrected chi connectivity index (χ0v) is 11.8. The quantitative estimate of drug-likeness (QED) is 0.785. The van der Waals surface area contributed by atoms with E-state index < -0.39 is 0 Å². The average Bonchev–Trinajstić information content (AvgIpc) is 2.28. The predicted octanol–water partition coefficient (Wildman–Crippen LogP) is 1.54. The number of hydrogen-bond donors (Lipinski definition) is 1. The van der Waals surface area contributed by atoms with Crippen LogP contribution in [0.1, 0.15) is 39.0 Å². The molecule has 3 nitrogen and oxygen atoms in total. The van der Waals surface area contributed by atoms with E-state index in [0.29, 0.717) is 5.54 Å². The Hall–Kier alpha value is -0.120. The smallest absolute Gasteiger partial charge is 0.0328 e. The summed E-state index contributed by atoms with van der Waals surface area (Å²) in [6.45, 7) is 7.24. The Kier molecular flexibility index (Phi) is 4.45. The first-order valence-corrected chi connectivity index (χ1v) is 7.29. The molecule has 100 valence electrons. The molecular weight excluding hydrogens is 210 g/mol. The highest BCUT2D eigenvalue weighted by Crippen LogP contribution is 2.35. The molecule has 0 atom stereocenters. The molecule has 1 aliphatic carbocycles. The largest absolute Gasteiger partial charge is 0.312 e. The summed E-state index contributed by atoms with van der Waals surface area (Å²) in [5.41, 5.74) is 0.474. The lowest BCUT2D eigenvalue weighted by molar-refractivity contribution is 0.0537. The summed E-state index contributed by atoms with van der Waals surface area (Å²) >= 11 is 0. The van der Waals surface area contributed by atoms with Gasteiger partial charge in [0.25, 0.3) is 0 Å². The molecule has 1 N–H and O–H groups in total. The monoisotopic (exact) mass is 239 g/mol. The van der Waals surface area contributed by atoms with Crippen LogP contribution in [-0.2, 0) is 0 Å². The van der Waals surface area contributed by atoms with Crippen LogP contribution in [0.3, 0.4) is 0 Å². The van der Waals surface area contributed by atoms with E-state index in [4.69, 9.17) is 0 Å². The first-order chi connectivity index (χ1) is 8.16. The molecule has 1 saturated heterocycles. The SMILES string of the molecule is CCN1CCC(NCC2(N(C)C)CCC2)CC1. The van der Waals surface area contributed by atoms with E-state index in [0.717, 1.165) is 6.04 Å². The van der Waals surface area contributed by atoms with Gasteiger partial charge in [-0.25, -0.2) is 0 Å². The first kappa shape index (κ1) is 13.3. The molecule has 0 radical (unpaired) electrons. The fourth-order valence-corrected chi connectivity index (χ4v) is 3.15. The summed E-state index contributed by atoms with van der Waals surface area (Å²) in [6.07, 6.45) is 6.82. The van der Waals surface area contributed by atoms with Crippen molar-refractivity contribution in [2.75, 3.05) is 40.3 Å². The van der Waals surface area contributed by atoms with Crippen molar-refractivity contribution in [2.24, 2.45) is 0 Å². The zero-order chi connectivity index (χ0) is 12.3. The third-order valence-corrected chi connectivity index (χ3v) is 4.99. The van der Waals surface area contributed by atoms with Gasteiger partial charge in [0.05, 0.1) is 0 Å². The van der Waals surface area contributed by atoms with E-state index in [2.05, 4.69) is 36.1 Å². The molecule has 2 fully saturated rings. The van der Waals surface area contributed by atoms with Crippen molar-refractivity contribution < 1.29 is 0 Å². The van der Waals surface area contributed by atoms with Crippen molar-refractivity contribution >= 4 is 0 Å². The van der Waals surface area contributed by atoms with Crippen molar-refractivity contribution in [1.82, 2.24) is 15.1 Å². The Balaban J connectivity index is 1.72. The zero-order valence-electron chi connectivity index (χ0n) is 11.8. The molecular formula is C14H29N3. The van der Waals surface area contributed by atoms with Gasteiger partial charge in [-0.05, 0) is 65.8 Å². The topological polar surface area (TPSA) is 18.5 Å². The molecule has 0 bridgehead atoms. The van der Waals surface area contributed by atoms with Crippen LogP contribution in [0, 0.1) is 0 Å². The van der Waals surface area contributed by atoms with Gasteiger partial charge >= 0.3 is 0 Å². The normalized spacial score (nSPS) is 26.1. The lowest BCUT2D eigenvalue weighted by Crippen LogP contribution is -2.58. The van der Waals surface area contributed by atoms with Gasteiger partial charge in [-0.3, -0.25) is 0 Å². The lowest BCUT2D eigenvalue weighted by Gasteiger charge is -2.48. The summed E-state index contributed by atoms with van der Waals surface area (Å²) < 4.78 is 0. The van der Waals surface area contributed by atoms with Crippen LogP contribution in [0.2, 0.25) is 0 Å². The molecule has 1 heterocycles. The van der Waals surface area contributed by atoms with Crippen LogP contribution in [0.5, 0.6) is 0 Å². The van der Waals surface area contributed by atoms with Gasteiger partial charge < -0.3 is 15.1 Å². The van der Waals surface area contributed by atoms with Gasteiger partial charge in [0.2, 0.25) is 0 Å². The van der Waals surface area contributed by atoms with Crippen molar-refractivity contribution in [1.29, 1.82) is 0 Å². The van der Waals surface area contributed by atoms with E-state index in [-0.39, 0.29) is 0 Å². The van der Waals surface area contributed by atoms with Crippen LogP contribution in [-0.4, -0.2) is 61.7 Å². The number of likely N-dealkylation sites (N-methyl/N-ethyl adjacent to an activating group) is 1. The van der Waals surface area contributed by atoms with E-state index in [9.17, 15) is 0 Å². The number of nitrogens with one attached hydrogen (secondary N) is 1. The van der Waals surface area contributed by atoms with E-state index in [1.807, 2.05) is 0 Å². The minimum Gasteiger partial charge on any atom is -0.312 e. The molecule has 17 heavy (non-hydrogen) atoms. The maximum atomic E-state index is 3.82. The van der Waals surface area contributed by atoms with Crippen molar-refractivity contribution in [3.8, 4) is 0 Å². The van der Waals surface area contributed by atoms with Crippen molar-refractivity contribution in [2.45, 2.75) is 50.6 Å². The Morgan fingerprint density at radius 3 is 2.29 bits per heavy atom. The molecule has 0 unspecified atom stereocenters. The standard InChI is InChI=1S/C14H29N3/c1-4-17-10-6-13(7-11-17)15-12-14(16(2)3)8-5-9-14/h13,15H,4-12H2,1-3H3. The molecule has 0 amide bonds. The summed E-state index contributed by atoms with van der Waals surface area (Å²) in [5, 5.41) is 3.82. The second-order valence-corrected chi connectivity index (χ2v) is 6.06. The fourth-order valence-electron chi connectivity index (χ4n) is 3.15. The van der Waals surface area contributed by atoms with Gasteiger partial charge in [-0.1, -0.05) is 6.92 Å². The highest BCUT2D eigenvalue weighted by molar-refractivity contribution is 4.98. The Morgan fingerprint density at radius 2 is 1.88 bits per heavy atom.